The normalized spacial score (nSPS) is 9.18. The molecule has 1 heterocycles. The van der Waals surface area contributed by atoms with Crippen molar-refractivity contribution in [3.8, 4) is 5.75 Å². The first-order valence-electron chi connectivity index (χ1n) is 3.18. The van der Waals surface area contributed by atoms with E-state index in [1.165, 1.54) is 12.4 Å². The Morgan fingerprint density at radius 3 is 2.73 bits per heavy atom. The van der Waals surface area contributed by atoms with Gasteiger partial charge in [0.15, 0.2) is 12.0 Å². The summed E-state index contributed by atoms with van der Waals surface area (Å²) in [5.74, 6) is 1.20. The van der Waals surface area contributed by atoms with E-state index in [1.807, 2.05) is 0 Å². The Labute approximate surface area is 64.2 Å². The molecule has 0 bridgehead atoms. The maximum absolute atomic E-state index is 9.88. The highest BCUT2D eigenvalue weighted by Crippen LogP contribution is 2.04. The minimum Gasteiger partial charge on any atom is -0.483 e. The Kier molecular flexibility index (Phi) is 2.54. The third kappa shape index (κ3) is 2.33. The molecule has 0 radical (unpaired) electrons. The molecular weight excluding hydrogens is 144 g/mol. The molecule has 11 heavy (non-hydrogen) atoms. The highest BCUT2D eigenvalue weighted by Gasteiger charge is 1.92. The van der Waals surface area contributed by atoms with Crippen molar-refractivity contribution in [1.82, 2.24) is 9.97 Å². The molecule has 0 aliphatic carbocycles. The molecule has 4 heteroatoms. The lowest BCUT2D eigenvalue weighted by atomic mass is 10.5. The van der Waals surface area contributed by atoms with Crippen LogP contribution in [0.4, 0.5) is 0 Å². The van der Waals surface area contributed by atoms with E-state index in [2.05, 4.69) is 9.97 Å². The summed E-state index contributed by atoms with van der Waals surface area (Å²) >= 11 is 0. The standard InChI is InChI=1S/C7H8N2O2/c1-6-8-4-7(5-9-6)11-3-2-10/h2,4-5H,3H2,1H3. The summed E-state index contributed by atoms with van der Waals surface area (Å²) in [6.45, 7) is 1.83. The van der Waals surface area contributed by atoms with Crippen molar-refractivity contribution in [2.75, 3.05) is 6.61 Å². The van der Waals surface area contributed by atoms with Crippen molar-refractivity contribution in [3.05, 3.63) is 18.2 Å². The third-order valence-electron chi connectivity index (χ3n) is 1.08. The van der Waals surface area contributed by atoms with E-state index in [0.29, 0.717) is 17.9 Å². The fourth-order valence-corrected chi connectivity index (χ4v) is 0.586. The Morgan fingerprint density at radius 2 is 2.18 bits per heavy atom. The summed E-state index contributed by atoms with van der Waals surface area (Å²) in [5.41, 5.74) is 0. The van der Waals surface area contributed by atoms with Crippen LogP contribution >= 0.6 is 0 Å². The molecule has 1 aromatic heterocycles. The van der Waals surface area contributed by atoms with Crippen LogP contribution in [-0.4, -0.2) is 22.9 Å². The second kappa shape index (κ2) is 3.65. The molecule has 0 unspecified atom stereocenters. The Balaban J connectivity index is 2.58. The molecule has 0 aromatic carbocycles. The summed E-state index contributed by atoms with van der Waals surface area (Å²) in [7, 11) is 0. The van der Waals surface area contributed by atoms with Gasteiger partial charge in [-0.1, -0.05) is 0 Å². The van der Waals surface area contributed by atoms with Crippen LogP contribution in [0.3, 0.4) is 0 Å². The number of ether oxygens (including phenoxy) is 1. The van der Waals surface area contributed by atoms with Gasteiger partial charge in [0.2, 0.25) is 0 Å². The molecule has 1 aromatic rings. The average Bonchev–Trinajstić information content (AvgIpc) is 2.04. The van der Waals surface area contributed by atoms with Crippen molar-refractivity contribution in [1.29, 1.82) is 0 Å². The summed E-state index contributed by atoms with van der Waals surface area (Å²) in [4.78, 5) is 17.6. The van der Waals surface area contributed by atoms with Gasteiger partial charge in [0.25, 0.3) is 0 Å². The van der Waals surface area contributed by atoms with Gasteiger partial charge in [-0.2, -0.15) is 0 Å². The van der Waals surface area contributed by atoms with Crippen molar-refractivity contribution >= 4 is 6.29 Å². The molecule has 0 N–H and O–H groups in total. The van der Waals surface area contributed by atoms with E-state index in [1.54, 1.807) is 6.92 Å². The van der Waals surface area contributed by atoms with Crippen LogP contribution in [0.1, 0.15) is 5.82 Å². The van der Waals surface area contributed by atoms with Crippen molar-refractivity contribution < 1.29 is 9.53 Å². The Morgan fingerprint density at radius 1 is 1.55 bits per heavy atom. The second-order valence-electron chi connectivity index (χ2n) is 1.94. The lowest BCUT2D eigenvalue weighted by Gasteiger charge is -1.99. The second-order valence-corrected chi connectivity index (χ2v) is 1.94. The van der Waals surface area contributed by atoms with Gasteiger partial charge >= 0.3 is 0 Å². The van der Waals surface area contributed by atoms with Gasteiger partial charge < -0.3 is 4.74 Å². The van der Waals surface area contributed by atoms with Crippen LogP contribution < -0.4 is 4.74 Å². The van der Waals surface area contributed by atoms with Gasteiger partial charge in [-0.25, -0.2) is 9.97 Å². The smallest absolute Gasteiger partial charge is 0.157 e. The average molecular weight is 152 g/mol. The van der Waals surface area contributed by atoms with Gasteiger partial charge in [0.1, 0.15) is 12.4 Å². The van der Waals surface area contributed by atoms with E-state index < -0.39 is 0 Å². The number of aromatic nitrogens is 2. The Hall–Kier alpha value is -1.45. The van der Waals surface area contributed by atoms with Crippen LogP contribution in [0.2, 0.25) is 0 Å². The molecule has 0 fully saturated rings. The molecule has 0 atom stereocenters. The summed E-state index contributed by atoms with van der Waals surface area (Å²) in [6.07, 6.45) is 3.75. The summed E-state index contributed by atoms with van der Waals surface area (Å²) < 4.78 is 4.92. The van der Waals surface area contributed by atoms with Gasteiger partial charge in [-0.05, 0) is 6.92 Å². The van der Waals surface area contributed by atoms with Crippen LogP contribution in [-0.2, 0) is 4.79 Å². The molecule has 1 rings (SSSR count). The number of rotatable bonds is 3. The molecule has 0 saturated carbocycles. The SMILES string of the molecule is Cc1ncc(OCC=O)cn1. The maximum atomic E-state index is 9.88. The minimum atomic E-state index is 0.0480. The number of aldehydes is 1. The van der Waals surface area contributed by atoms with E-state index in [-0.39, 0.29) is 6.61 Å². The zero-order chi connectivity index (χ0) is 8.10. The first kappa shape index (κ1) is 7.65. The molecule has 0 spiro atoms. The van der Waals surface area contributed by atoms with Crippen molar-refractivity contribution in [2.24, 2.45) is 0 Å². The molecule has 0 aliphatic rings. The molecular formula is C7H8N2O2. The third-order valence-corrected chi connectivity index (χ3v) is 1.08. The van der Waals surface area contributed by atoms with Crippen LogP contribution in [0.25, 0.3) is 0 Å². The Bertz CT molecular complexity index is 233. The van der Waals surface area contributed by atoms with Crippen LogP contribution in [0.5, 0.6) is 5.75 Å². The maximum Gasteiger partial charge on any atom is 0.157 e. The van der Waals surface area contributed by atoms with Gasteiger partial charge in [-0.3, -0.25) is 4.79 Å². The minimum absolute atomic E-state index is 0.0480. The zero-order valence-electron chi connectivity index (χ0n) is 6.15. The molecule has 0 amide bonds. The predicted molar refractivity (Wildman–Crippen MR) is 38.3 cm³/mol. The quantitative estimate of drug-likeness (QED) is 0.587. The van der Waals surface area contributed by atoms with E-state index in [4.69, 9.17) is 4.74 Å². The fraction of sp³-hybridized carbons (Fsp3) is 0.286. The monoisotopic (exact) mass is 152 g/mol. The molecule has 0 saturated heterocycles. The number of hydrogen-bond acceptors (Lipinski definition) is 4. The summed E-state index contributed by atoms with van der Waals surface area (Å²) in [5, 5.41) is 0. The molecule has 58 valence electrons. The van der Waals surface area contributed by atoms with E-state index in [0.717, 1.165) is 0 Å². The number of nitrogens with zero attached hydrogens (tertiary/aromatic N) is 2. The molecule has 4 nitrogen and oxygen atoms in total. The van der Waals surface area contributed by atoms with Gasteiger partial charge in [-0.15, -0.1) is 0 Å². The lowest BCUT2D eigenvalue weighted by Crippen LogP contribution is -1.99. The number of carbonyl (C=O) groups excluding carboxylic acids is 1. The number of hydrogen-bond donors (Lipinski definition) is 0. The van der Waals surface area contributed by atoms with Gasteiger partial charge in [0, 0.05) is 0 Å². The van der Waals surface area contributed by atoms with Crippen molar-refractivity contribution in [2.45, 2.75) is 6.92 Å². The first-order chi connectivity index (χ1) is 5.33. The van der Waals surface area contributed by atoms with E-state index >= 15 is 0 Å². The number of aryl methyl sites for hydroxylation is 1. The highest BCUT2D eigenvalue weighted by molar-refractivity contribution is 5.51. The fourth-order valence-electron chi connectivity index (χ4n) is 0.586. The predicted octanol–water partition coefficient (Wildman–Crippen LogP) is 0.363. The van der Waals surface area contributed by atoms with Crippen molar-refractivity contribution in [3.63, 3.8) is 0 Å². The van der Waals surface area contributed by atoms with Crippen LogP contribution in [0.15, 0.2) is 12.4 Å². The number of carbonyl (C=O) groups is 1. The van der Waals surface area contributed by atoms with Gasteiger partial charge in [0.05, 0.1) is 12.4 Å². The summed E-state index contributed by atoms with van der Waals surface area (Å²) in [6, 6.07) is 0. The molecule has 0 aliphatic heterocycles. The zero-order valence-corrected chi connectivity index (χ0v) is 6.15. The van der Waals surface area contributed by atoms with E-state index in [9.17, 15) is 4.79 Å². The first-order valence-corrected chi connectivity index (χ1v) is 3.18. The van der Waals surface area contributed by atoms with Crippen LogP contribution in [0, 0.1) is 6.92 Å². The highest BCUT2D eigenvalue weighted by atomic mass is 16.5. The topological polar surface area (TPSA) is 52.1 Å². The lowest BCUT2D eigenvalue weighted by molar-refractivity contribution is -0.109. The largest absolute Gasteiger partial charge is 0.483 e.